The molecule has 0 bridgehead atoms. The van der Waals surface area contributed by atoms with Crippen LogP contribution in [-0.2, 0) is 0 Å². The normalized spacial score (nSPS) is 25.3. The number of thioether (sulfide) groups is 1. The number of phenols is 1. The van der Waals surface area contributed by atoms with Crippen molar-refractivity contribution in [2.45, 2.75) is 44.4 Å². The molecule has 1 aliphatic heterocycles. The van der Waals surface area contributed by atoms with Crippen molar-refractivity contribution in [2.24, 2.45) is 0 Å². The van der Waals surface area contributed by atoms with Gasteiger partial charge in [-0.25, -0.2) is 0 Å². The number of aromatic hydroxyl groups is 1. The van der Waals surface area contributed by atoms with E-state index < -0.39 is 0 Å². The first kappa shape index (κ1) is 13.8. The molecule has 100 valence electrons. The first-order chi connectivity index (χ1) is 8.50. The predicted molar refractivity (Wildman–Crippen MR) is 79.4 cm³/mol. The molecule has 2 nitrogen and oxygen atoms in total. The maximum absolute atomic E-state index is 9.97. The monoisotopic (exact) mass is 265 g/mol. The van der Waals surface area contributed by atoms with Crippen molar-refractivity contribution in [3.05, 3.63) is 29.3 Å². The van der Waals surface area contributed by atoms with Gasteiger partial charge in [0.1, 0.15) is 5.75 Å². The molecule has 2 rings (SSSR count). The third-order valence-electron chi connectivity index (χ3n) is 3.74. The summed E-state index contributed by atoms with van der Waals surface area (Å²) in [5, 5.41) is 13.5. The van der Waals surface area contributed by atoms with Gasteiger partial charge in [0.15, 0.2) is 0 Å². The van der Waals surface area contributed by atoms with Crippen LogP contribution in [0.1, 0.15) is 43.9 Å². The summed E-state index contributed by atoms with van der Waals surface area (Å²) in [7, 11) is 0. The van der Waals surface area contributed by atoms with Gasteiger partial charge in [-0.15, -0.1) is 0 Å². The van der Waals surface area contributed by atoms with Crippen molar-refractivity contribution >= 4 is 11.8 Å². The topological polar surface area (TPSA) is 32.3 Å². The summed E-state index contributed by atoms with van der Waals surface area (Å²) in [6.45, 7) is 7.46. The Labute approximate surface area is 114 Å². The Morgan fingerprint density at radius 3 is 2.89 bits per heavy atom. The lowest BCUT2D eigenvalue weighted by atomic mass is 10.0. The molecule has 2 unspecified atom stereocenters. The average molecular weight is 265 g/mol. The molecule has 3 heteroatoms. The molecule has 0 amide bonds. The molecule has 1 heterocycles. The molecule has 18 heavy (non-hydrogen) atoms. The first-order valence-corrected chi connectivity index (χ1v) is 7.66. The standard InChI is InChI=1S/C15H23NOS/c1-11-5-6-13(14(17)9-11)12(2)16-10-15(3)7-4-8-18-15/h5-6,9,12,16-17H,4,7-8,10H2,1-3H3. The van der Waals surface area contributed by atoms with Crippen LogP contribution in [0.3, 0.4) is 0 Å². The van der Waals surface area contributed by atoms with E-state index in [4.69, 9.17) is 0 Å². The smallest absolute Gasteiger partial charge is 0.120 e. The number of hydrogen-bond acceptors (Lipinski definition) is 3. The lowest BCUT2D eigenvalue weighted by molar-refractivity contribution is 0.441. The summed E-state index contributed by atoms with van der Waals surface area (Å²) < 4.78 is 0.370. The quantitative estimate of drug-likeness (QED) is 0.872. The number of benzene rings is 1. The Bertz CT molecular complexity index is 413. The Morgan fingerprint density at radius 2 is 2.28 bits per heavy atom. The molecule has 0 spiro atoms. The molecular weight excluding hydrogens is 242 g/mol. The molecule has 2 atom stereocenters. The molecule has 0 saturated carbocycles. The molecule has 2 N–H and O–H groups in total. The fraction of sp³-hybridized carbons (Fsp3) is 0.600. The van der Waals surface area contributed by atoms with E-state index in [1.165, 1.54) is 18.6 Å². The fourth-order valence-electron chi connectivity index (χ4n) is 2.48. The van der Waals surface area contributed by atoms with Gasteiger partial charge < -0.3 is 10.4 Å². The van der Waals surface area contributed by atoms with Gasteiger partial charge in [-0.3, -0.25) is 0 Å². The fourth-order valence-corrected chi connectivity index (χ4v) is 3.73. The van der Waals surface area contributed by atoms with Crippen LogP contribution in [0.25, 0.3) is 0 Å². The number of nitrogens with one attached hydrogen (secondary N) is 1. The lowest BCUT2D eigenvalue weighted by Crippen LogP contribution is -2.34. The van der Waals surface area contributed by atoms with Crippen molar-refractivity contribution in [3.63, 3.8) is 0 Å². The minimum Gasteiger partial charge on any atom is -0.508 e. The third kappa shape index (κ3) is 3.21. The Morgan fingerprint density at radius 1 is 1.50 bits per heavy atom. The second-order valence-electron chi connectivity index (χ2n) is 5.57. The summed E-state index contributed by atoms with van der Waals surface area (Å²) in [4.78, 5) is 0. The van der Waals surface area contributed by atoms with Crippen molar-refractivity contribution < 1.29 is 5.11 Å². The zero-order chi connectivity index (χ0) is 13.2. The highest BCUT2D eigenvalue weighted by Crippen LogP contribution is 2.37. The van der Waals surface area contributed by atoms with Crippen LogP contribution < -0.4 is 5.32 Å². The molecule has 0 aliphatic carbocycles. The predicted octanol–water partition coefficient (Wildman–Crippen LogP) is 3.64. The lowest BCUT2D eigenvalue weighted by Gasteiger charge is -2.26. The van der Waals surface area contributed by atoms with Gasteiger partial charge in [0.05, 0.1) is 0 Å². The van der Waals surface area contributed by atoms with E-state index in [0.717, 1.165) is 17.7 Å². The van der Waals surface area contributed by atoms with E-state index in [1.807, 2.05) is 19.1 Å². The summed E-state index contributed by atoms with van der Waals surface area (Å²) in [5.41, 5.74) is 2.09. The van der Waals surface area contributed by atoms with Crippen LogP contribution in [0.4, 0.5) is 0 Å². The molecule has 1 saturated heterocycles. The summed E-state index contributed by atoms with van der Waals surface area (Å²) >= 11 is 2.06. The molecule has 1 aromatic rings. The highest BCUT2D eigenvalue weighted by Gasteiger charge is 2.29. The minimum atomic E-state index is 0.198. The van der Waals surface area contributed by atoms with Crippen LogP contribution in [0.15, 0.2) is 18.2 Å². The largest absolute Gasteiger partial charge is 0.508 e. The van der Waals surface area contributed by atoms with E-state index in [0.29, 0.717) is 10.5 Å². The van der Waals surface area contributed by atoms with E-state index in [1.54, 1.807) is 0 Å². The summed E-state index contributed by atoms with van der Waals surface area (Å²) in [6.07, 6.45) is 2.62. The van der Waals surface area contributed by atoms with E-state index in [9.17, 15) is 5.11 Å². The van der Waals surface area contributed by atoms with Crippen LogP contribution >= 0.6 is 11.8 Å². The number of aryl methyl sites for hydroxylation is 1. The van der Waals surface area contributed by atoms with Gasteiger partial charge in [-0.1, -0.05) is 12.1 Å². The highest BCUT2D eigenvalue weighted by atomic mass is 32.2. The van der Waals surface area contributed by atoms with Gasteiger partial charge in [0, 0.05) is 22.9 Å². The van der Waals surface area contributed by atoms with E-state index in [-0.39, 0.29) is 6.04 Å². The highest BCUT2D eigenvalue weighted by molar-refractivity contribution is 8.00. The zero-order valence-corrected chi connectivity index (χ0v) is 12.3. The van der Waals surface area contributed by atoms with Crippen LogP contribution in [-0.4, -0.2) is 22.2 Å². The molecule has 0 radical (unpaired) electrons. The van der Waals surface area contributed by atoms with Gasteiger partial charge in [0.25, 0.3) is 0 Å². The maximum Gasteiger partial charge on any atom is 0.120 e. The molecule has 1 aromatic carbocycles. The Hall–Kier alpha value is -0.670. The second kappa shape index (κ2) is 5.54. The molecule has 1 fully saturated rings. The first-order valence-electron chi connectivity index (χ1n) is 6.67. The van der Waals surface area contributed by atoms with Gasteiger partial charge in [0.2, 0.25) is 0 Å². The second-order valence-corrected chi connectivity index (χ2v) is 7.25. The Kier molecular flexibility index (Phi) is 4.23. The number of hydrogen-bond donors (Lipinski definition) is 2. The number of phenolic OH excluding ortho intramolecular Hbond substituents is 1. The molecular formula is C15H23NOS. The maximum atomic E-state index is 9.97. The average Bonchev–Trinajstić information content (AvgIpc) is 2.74. The summed E-state index contributed by atoms with van der Waals surface area (Å²) in [5.74, 6) is 1.68. The molecule has 0 aromatic heterocycles. The van der Waals surface area contributed by atoms with Crippen molar-refractivity contribution in [1.29, 1.82) is 0 Å². The van der Waals surface area contributed by atoms with Crippen LogP contribution in [0.5, 0.6) is 5.75 Å². The SMILES string of the molecule is Cc1ccc(C(C)NCC2(C)CCCS2)c(O)c1. The Balaban J connectivity index is 1.97. The number of rotatable bonds is 4. The minimum absolute atomic E-state index is 0.198. The van der Waals surface area contributed by atoms with Crippen molar-refractivity contribution in [3.8, 4) is 5.75 Å². The third-order valence-corrected chi connectivity index (χ3v) is 5.27. The van der Waals surface area contributed by atoms with Gasteiger partial charge in [-0.05, 0) is 51.0 Å². The van der Waals surface area contributed by atoms with E-state index >= 15 is 0 Å². The van der Waals surface area contributed by atoms with Gasteiger partial charge >= 0.3 is 0 Å². The van der Waals surface area contributed by atoms with Crippen LogP contribution in [0, 0.1) is 6.92 Å². The van der Waals surface area contributed by atoms with Crippen molar-refractivity contribution in [1.82, 2.24) is 5.32 Å². The van der Waals surface area contributed by atoms with Crippen molar-refractivity contribution in [2.75, 3.05) is 12.3 Å². The molecule has 1 aliphatic rings. The zero-order valence-electron chi connectivity index (χ0n) is 11.5. The van der Waals surface area contributed by atoms with E-state index in [2.05, 4.69) is 37.0 Å². The summed E-state index contributed by atoms with van der Waals surface area (Å²) in [6, 6.07) is 6.11. The van der Waals surface area contributed by atoms with Crippen LogP contribution in [0.2, 0.25) is 0 Å². The van der Waals surface area contributed by atoms with Gasteiger partial charge in [-0.2, -0.15) is 11.8 Å².